The summed E-state index contributed by atoms with van der Waals surface area (Å²) in [6.07, 6.45) is 21.5. The first-order chi connectivity index (χ1) is 18.3. The van der Waals surface area contributed by atoms with E-state index in [4.69, 9.17) is 5.11 Å². The average molecular weight is 532 g/mol. The zero-order valence-corrected chi connectivity index (χ0v) is 24.5. The number of aliphatic hydroxyl groups is 2. The Morgan fingerprint density at radius 3 is 2.26 bits per heavy atom. The Hall–Kier alpha value is -0.940. The van der Waals surface area contributed by atoms with Crippen LogP contribution in [0.1, 0.15) is 136 Å². The van der Waals surface area contributed by atoms with Crippen LogP contribution in [-0.2, 0) is 9.59 Å². The van der Waals surface area contributed by atoms with Crippen LogP contribution in [0.5, 0.6) is 0 Å². The van der Waals surface area contributed by atoms with Gasteiger partial charge in [-0.15, -0.1) is 0 Å². The number of fused-ring (bicyclic) bond motifs is 5. The van der Waals surface area contributed by atoms with E-state index in [2.05, 4.69) is 19.2 Å². The van der Waals surface area contributed by atoms with Crippen LogP contribution >= 0.6 is 0 Å². The van der Waals surface area contributed by atoms with Gasteiger partial charge in [-0.05, 0) is 85.4 Å². The Morgan fingerprint density at radius 2 is 1.55 bits per heavy atom. The van der Waals surface area contributed by atoms with Crippen LogP contribution in [0.25, 0.3) is 0 Å². The molecule has 8 atom stereocenters. The molecule has 0 aromatic heterocycles. The van der Waals surface area contributed by atoms with Gasteiger partial charge < -0.3 is 15.5 Å². The first-order valence-corrected chi connectivity index (χ1v) is 16.4. The van der Waals surface area contributed by atoms with Gasteiger partial charge in [-0.25, -0.2) is 0 Å². The molecule has 0 aromatic carbocycles. The molecule has 0 saturated heterocycles. The first kappa shape index (κ1) is 30.0. The Bertz CT molecular complexity index is 785. The summed E-state index contributed by atoms with van der Waals surface area (Å²) >= 11 is 0. The molecule has 3 unspecified atom stereocenters. The monoisotopic (exact) mass is 531 g/mol. The number of aliphatic hydroxyl groups excluding tert-OH is 2. The van der Waals surface area contributed by atoms with Crippen LogP contribution in [0.3, 0.4) is 0 Å². The van der Waals surface area contributed by atoms with Gasteiger partial charge in [0, 0.05) is 25.8 Å². The SMILES string of the molecule is C[C@]12CCC(=O)CC1CC(CCCCCCCCCCCC(=O)NCCO)[C@@H]1[C@H]2CC[C@]2(C)C(O)CC[C@@H]12. The molecule has 4 aliphatic carbocycles. The van der Waals surface area contributed by atoms with Gasteiger partial charge in [0.2, 0.25) is 5.91 Å². The van der Waals surface area contributed by atoms with Gasteiger partial charge in [0.05, 0.1) is 12.7 Å². The number of hydrogen-bond donors (Lipinski definition) is 3. The Balaban J connectivity index is 1.19. The second-order valence-electron chi connectivity index (χ2n) is 14.2. The molecule has 4 fully saturated rings. The fraction of sp³-hybridized carbons (Fsp3) is 0.939. The quantitative estimate of drug-likeness (QED) is 0.221. The van der Waals surface area contributed by atoms with Gasteiger partial charge in [-0.2, -0.15) is 0 Å². The van der Waals surface area contributed by atoms with Gasteiger partial charge in [0.1, 0.15) is 5.78 Å². The van der Waals surface area contributed by atoms with Gasteiger partial charge in [-0.3, -0.25) is 9.59 Å². The Labute approximate surface area is 232 Å². The summed E-state index contributed by atoms with van der Waals surface area (Å²) in [5.41, 5.74) is 0.462. The Morgan fingerprint density at radius 1 is 0.895 bits per heavy atom. The first-order valence-electron chi connectivity index (χ1n) is 16.4. The molecule has 0 radical (unpaired) electrons. The topological polar surface area (TPSA) is 86.6 Å². The largest absolute Gasteiger partial charge is 0.395 e. The minimum atomic E-state index is -0.115. The van der Waals surface area contributed by atoms with E-state index in [0.29, 0.717) is 36.0 Å². The summed E-state index contributed by atoms with van der Waals surface area (Å²) in [6, 6.07) is 0. The number of nitrogens with one attached hydrogen (secondary N) is 1. The van der Waals surface area contributed by atoms with Crippen LogP contribution in [-0.4, -0.2) is 41.2 Å². The summed E-state index contributed by atoms with van der Waals surface area (Å²) in [5.74, 6) is 4.09. The molecule has 5 heteroatoms. The van der Waals surface area contributed by atoms with E-state index in [1.807, 2.05) is 0 Å². The molecule has 4 rings (SSSR count). The molecule has 0 bridgehead atoms. The van der Waals surface area contributed by atoms with Crippen molar-refractivity contribution < 1.29 is 19.8 Å². The van der Waals surface area contributed by atoms with E-state index < -0.39 is 0 Å². The maximum atomic E-state index is 12.5. The molecule has 0 spiro atoms. The molecule has 218 valence electrons. The van der Waals surface area contributed by atoms with Crippen molar-refractivity contribution in [3.05, 3.63) is 0 Å². The van der Waals surface area contributed by atoms with Crippen molar-refractivity contribution >= 4 is 11.7 Å². The van der Waals surface area contributed by atoms with Crippen LogP contribution in [0.2, 0.25) is 0 Å². The van der Waals surface area contributed by atoms with Crippen LogP contribution in [0, 0.1) is 40.4 Å². The van der Waals surface area contributed by atoms with E-state index in [1.165, 1.54) is 77.0 Å². The van der Waals surface area contributed by atoms with E-state index in [9.17, 15) is 14.7 Å². The van der Waals surface area contributed by atoms with Crippen molar-refractivity contribution in [3.63, 3.8) is 0 Å². The van der Waals surface area contributed by atoms with Gasteiger partial charge >= 0.3 is 0 Å². The van der Waals surface area contributed by atoms with Crippen LogP contribution < -0.4 is 5.32 Å². The molecule has 38 heavy (non-hydrogen) atoms. The summed E-state index contributed by atoms with van der Waals surface area (Å²) < 4.78 is 0. The van der Waals surface area contributed by atoms with E-state index in [1.54, 1.807) is 0 Å². The predicted molar refractivity (Wildman–Crippen MR) is 152 cm³/mol. The van der Waals surface area contributed by atoms with E-state index in [-0.39, 0.29) is 24.0 Å². The number of unbranched alkanes of at least 4 members (excludes halogenated alkanes) is 8. The lowest BCUT2D eigenvalue weighted by molar-refractivity contribution is -0.156. The molecule has 3 N–H and O–H groups in total. The minimum Gasteiger partial charge on any atom is -0.395 e. The standard InChI is InChI=1S/C33H57NO4/c1-32-18-16-26(36)23-25(32)22-24(31-27-14-15-29(37)33(27,2)19-17-28(31)32)12-10-8-6-4-3-5-7-9-11-13-30(38)34-20-21-35/h24-25,27-29,31,35,37H,3-23H2,1-2H3,(H,34,38)/t24?,25?,27-,28+,29?,31-,32-,33-/m0/s1. The lowest BCUT2D eigenvalue weighted by Gasteiger charge is -2.62. The van der Waals surface area contributed by atoms with Crippen molar-refractivity contribution in [1.82, 2.24) is 5.32 Å². The number of rotatable bonds is 14. The predicted octanol–water partition coefficient (Wildman–Crippen LogP) is 6.58. The van der Waals surface area contributed by atoms with Gasteiger partial charge in [-0.1, -0.05) is 71.6 Å². The third kappa shape index (κ3) is 6.67. The van der Waals surface area contributed by atoms with E-state index in [0.717, 1.165) is 56.3 Å². The second-order valence-corrected chi connectivity index (χ2v) is 14.2. The molecule has 0 aliphatic heterocycles. The third-order valence-corrected chi connectivity index (χ3v) is 12.0. The molecular formula is C33H57NO4. The number of amides is 1. The summed E-state index contributed by atoms with van der Waals surface area (Å²) in [6.45, 7) is 5.31. The van der Waals surface area contributed by atoms with Crippen molar-refractivity contribution in [2.45, 2.75) is 142 Å². The van der Waals surface area contributed by atoms with Crippen molar-refractivity contribution in [3.8, 4) is 0 Å². The number of hydrogen-bond acceptors (Lipinski definition) is 4. The Kier molecular flexibility index (Phi) is 10.8. The summed E-state index contributed by atoms with van der Waals surface area (Å²) in [7, 11) is 0. The van der Waals surface area contributed by atoms with Crippen LogP contribution in [0.4, 0.5) is 0 Å². The van der Waals surface area contributed by atoms with Crippen molar-refractivity contribution in [2.75, 3.05) is 13.2 Å². The number of carbonyl (C=O) groups excluding carboxylic acids is 2. The summed E-state index contributed by atoms with van der Waals surface area (Å²) in [5, 5.41) is 22.4. The molecular weight excluding hydrogens is 474 g/mol. The smallest absolute Gasteiger partial charge is 0.220 e. The average Bonchev–Trinajstić information content (AvgIpc) is 3.20. The summed E-state index contributed by atoms with van der Waals surface area (Å²) in [4.78, 5) is 24.0. The highest BCUT2D eigenvalue weighted by molar-refractivity contribution is 5.79. The number of Topliss-reactive ketones (excluding diaryl/α,β-unsaturated/α-hetero) is 1. The zero-order valence-electron chi connectivity index (χ0n) is 24.5. The highest BCUT2D eigenvalue weighted by Crippen LogP contribution is 2.67. The van der Waals surface area contributed by atoms with Crippen molar-refractivity contribution in [1.29, 1.82) is 0 Å². The maximum absolute atomic E-state index is 12.5. The highest BCUT2D eigenvalue weighted by Gasteiger charge is 2.62. The van der Waals surface area contributed by atoms with Crippen molar-refractivity contribution in [2.24, 2.45) is 40.4 Å². The van der Waals surface area contributed by atoms with Gasteiger partial charge in [0.15, 0.2) is 0 Å². The normalized spacial score (nSPS) is 38.4. The lowest BCUT2D eigenvalue weighted by Crippen LogP contribution is -2.57. The number of ketones is 1. The highest BCUT2D eigenvalue weighted by atomic mass is 16.3. The van der Waals surface area contributed by atoms with Gasteiger partial charge in [0.25, 0.3) is 0 Å². The fourth-order valence-electron chi connectivity index (χ4n) is 9.70. The lowest BCUT2D eigenvalue weighted by atomic mass is 9.42. The zero-order chi connectivity index (χ0) is 27.2. The third-order valence-electron chi connectivity index (χ3n) is 12.0. The number of carbonyl (C=O) groups is 2. The second kappa shape index (κ2) is 13.6. The van der Waals surface area contributed by atoms with E-state index >= 15 is 0 Å². The molecule has 0 aromatic rings. The maximum Gasteiger partial charge on any atom is 0.220 e. The molecule has 4 aliphatic rings. The fourth-order valence-corrected chi connectivity index (χ4v) is 9.70. The molecule has 4 saturated carbocycles. The van der Waals surface area contributed by atoms with Crippen LogP contribution in [0.15, 0.2) is 0 Å². The molecule has 0 heterocycles. The minimum absolute atomic E-state index is 0.0125. The molecule has 5 nitrogen and oxygen atoms in total. The molecule has 1 amide bonds.